The average Bonchev–Trinajstić information content (AvgIpc) is 3.19. The van der Waals surface area contributed by atoms with E-state index in [-0.39, 0.29) is 16.6 Å². The molecular weight excluding hydrogens is 472 g/mol. The number of methoxy groups -OCH3 is 1. The van der Waals surface area contributed by atoms with Crippen LogP contribution in [-0.4, -0.2) is 35.3 Å². The van der Waals surface area contributed by atoms with Gasteiger partial charge in [0.05, 0.1) is 23.9 Å². The number of benzene rings is 2. The summed E-state index contributed by atoms with van der Waals surface area (Å²) in [7, 11) is 1.59. The molecule has 2 aromatic carbocycles. The molecule has 0 fully saturated rings. The van der Waals surface area contributed by atoms with Gasteiger partial charge in [0.1, 0.15) is 15.5 Å². The summed E-state index contributed by atoms with van der Waals surface area (Å²) in [4.78, 5) is 34.2. The second-order valence-corrected chi connectivity index (χ2v) is 8.92. The van der Waals surface area contributed by atoms with E-state index < -0.39 is 5.91 Å². The number of hydrogen-bond donors (Lipinski definition) is 4. The number of nitrogens with one attached hydrogen (secondary N) is 2. The summed E-state index contributed by atoms with van der Waals surface area (Å²) in [5.74, 6) is 0.0881. The highest BCUT2D eigenvalue weighted by molar-refractivity contribution is 7.98. The lowest BCUT2D eigenvalue weighted by Crippen LogP contribution is -2.28. The number of ether oxygens (including phenoxy) is 1. The zero-order chi connectivity index (χ0) is 24.2. The first-order valence-electron chi connectivity index (χ1n) is 10.1. The highest BCUT2D eigenvalue weighted by Crippen LogP contribution is 2.39. The van der Waals surface area contributed by atoms with Crippen LogP contribution in [0.15, 0.2) is 53.7 Å². The highest BCUT2D eigenvalue weighted by Gasteiger charge is 2.21. The maximum atomic E-state index is 12.5. The fraction of sp³-hybridized carbons (Fsp3) is 0.130. The van der Waals surface area contributed by atoms with Gasteiger partial charge in [-0.1, -0.05) is 42.1 Å². The van der Waals surface area contributed by atoms with E-state index in [0.29, 0.717) is 44.6 Å². The first-order chi connectivity index (χ1) is 16.4. The Morgan fingerprint density at radius 2 is 1.94 bits per heavy atom. The number of carbonyl (C=O) groups excluding carboxylic acids is 2. The molecule has 0 radical (unpaired) electrons. The predicted octanol–water partition coefficient (Wildman–Crippen LogP) is 4.09. The van der Waals surface area contributed by atoms with Gasteiger partial charge in [0.15, 0.2) is 5.16 Å². The van der Waals surface area contributed by atoms with Crippen molar-refractivity contribution >= 4 is 56.6 Å². The molecule has 4 aromatic rings. The third kappa shape index (κ3) is 4.75. The van der Waals surface area contributed by atoms with E-state index >= 15 is 0 Å². The van der Waals surface area contributed by atoms with Crippen molar-refractivity contribution in [1.82, 2.24) is 15.3 Å². The standard InChI is InChI=1S/C23H22N6O3S2/c1-32-15-9-4-3-6-13(15)11-26-22(31)27-14-8-5-7-12(10-14)18-16-17(24)19(20(25)30)34-21(16)29-23(28-18)33-2/h3-10H,11,24H2,1-2H3,(H2,25,30)(H2,26,27,31). The number of thiophene rings is 1. The van der Waals surface area contributed by atoms with Crippen LogP contribution in [0.2, 0.25) is 0 Å². The van der Waals surface area contributed by atoms with Crippen molar-refractivity contribution in [3.05, 3.63) is 59.0 Å². The molecular formula is C23H22N6O3S2. The molecule has 34 heavy (non-hydrogen) atoms. The smallest absolute Gasteiger partial charge is 0.319 e. The van der Waals surface area contributed by atoms with Crippen molar-refractivity contribution < 1.29 is 14.3 Å². The van der Waals surface area contributed by atoms with E-state index in [2.05, 4.69) is 20.6 Å². The van der Waals surface area contributed by atoms with E-state index in [9.17, 15) is 9.59 Å². The van der Waals surface area contributed by atoms with E-state index in [1.54, 1.807) is 25.3 Å². The number of thioether (sulfide) groups is 1. The zero-order valence-corrected chi connectivity index (χ0v) is 20.0. The molecule has 0 aliphatic rings. The number of hydrogen-bond acceptors (Lipinski definition) is 8. The third-order valence-corrected chi connectivity index (χ3v) is 6.66. The molecule has 0 spiro atoms. The summed E-state index contributed by atoms with van der Waals surface area (Å²) in [6.45, 7) is 0.306. The van der Waals surface area contributed by atoms with Crippen molar-refractivity contribution in [3.63, 3.8) is 0 Å². The number of rotatable bonds is 7. The fourth-order valence-corrected chi connectivity index (χ4v) is 4.80. The number of carbonyl (C=O) groups is 2. The van der Waals surface area contributed by atoms with Crippen LogP contribution in [0, 0.1) is 0 Å². The Hall–Kier alpha value is -3.83. The lowest BCUT2D eigenvalue weighted by Gasteiger charge is -2.12. The molecule has 0 saturated heterocycles. The number of aromatic nitrogens is 2. The number of nitrogens with two attached hydrogens (primary N) is 2. The fourth-order valence-electron chi connectivity index (χ4n) is 3.43. The van der Waals surface area contributed by atoms with Crippen molar-refractivity contribution in [2.24, 2.45) is 5.73 Å². The molecule has 3 amide bonds. The molecule has 11 heteroatoms. The Morgan fingerprint density at radius 1 is 1.15 bits per heavy atom. The van der Waals surface area contributed by atoms with Gasteiger partial charge in [-0.15, -0.1) is 11.3 Å². The largest absolute Gasteiger partial charge is 0.496 e. The zero-order valence-electron chi connectivity index (χ0n) is 18.4. The van der Waals surface area contributed by atoms with Crippen molar-refractivity contribution in [3.8, 4) is 17.0 Å². The van der Waals surface area contributed by atoms with Crippen molar-refractivity contribution in [1.29, 1.82) is 0 Å². The Bertz CT molecular complexity index is 1390. The SMILES string of the molecule is COc1ccccc1CNC(=O)Nc1cccc(-c2nc(SC)nc3sc(C(N)=O)c(N)c23)c1. The van der Waals surface area contributed by atoms with Crippen LogP contribution < -0.4 is 26.8 Å². The summed E-state index contributed by atoms with van der Waals surface area (Å²) in [5.41, 5.74) is 14.7. The van der Waals surface area contributed by atoms with Crippen LogP contribution in [0.25, 0.3) is 21.5 Å². The molecule has 0 atom stereocenters. The minimum Gasteiger partial charge on any atom is -0.496 e. The topological polar surface area (TPSA) is 145 Å². The van der Waals surface area contributed by atoms with Crippen LogP contribution in [-0.2, 0) is 6.54 Å². The number of para-hydroxylation sites is 1. The van der Waals surface area contributed by atoms with Crippen LogP contribution in [0.5, 0.6) is 5.75 Å². The molecule has 6 N–H and O–H groups in total. The first kappa shape index (κ1) is 23.3. The second-order valence-electron chi connectivity index (χ2n) is 7.15. The summed E-state index contributed by atoms with van der Waals surface area (Å²) in [5, 5.41) is 6.76. The average molecular weight is 495 g/mol. The number of fused-ring (bicyclic) bond motifs is 1. The molecule has 2 aromatic heterocycles. The molecule has 0 unspecified atom stereocenters. The number of urea groups is 1. The highest BCUT2D eigenvalue weighted by atomic mass is 32.2. The number of primary amides is 1. The van der Waals surface area contributed by atoms with Crippen LogP contribution in [0.1, 0.15) is 15.2 Å². The van der Waals surface area contributed by atoms with Crippen LogP contribution >= 0.6 is 23.1 Å². The molecule has 4 rings (SSSR count). The Labute approximate surface area is 203 Å². The Balaban J connectivity index is 1.61. The summed E-state index contributed by atoms with van der Waals surface area (Å²) >= 11 is 2.51. The number of nitrogen functional groups attached to an aromatic ring is 1. The minimum atomic E-state index is -0.612. The second kappa shape index (κ2) is 9.98. The van der Waals surface area contributed by atoms with Crippen molar-refractivity contribution in [2.45, 2.75) is 11.7 Å². The summed E-state index contributed by atoms with van der Waals surface area (Å²) in [6.07, 6.45) is 1.86. The summed E-state index contributed by atoms with van der Waals surface area (Å²) < 4.78 is 5.32. The van der Waals surface area contributed by atoms with Gasteiger partial charge < -0.3 is 26.8 Å². The van der Waals surface area contributed by atoms with Gasteiger partial charge in [-0.3, -0.25) is 4.79 Å². The molecule has 0 bridgehead atoms. The number of amides is 3. The summed E-state index contributed by atoms with van der Waals surface area (Å²) in [6, 6.07) is 14.3. The van der Waals surface area contributed by atoms with Gasteiger partial charge >= 0.3 is 6.03 Å². The number of nitrogens with zero attached hydrogens (tertiary/aromatic N) is 2. The molecule has 0 aliphatic heterocycles. The predicted molar refractivity (Wildman–Crippen MR) is 136 cm³/mol. The molecule has 9 nitrogen and oxygen atoms in total. The van der Waals surface area contributed by atoms with Crippen LogP contribution in [0.4, 0.5) is 16.2 Å². The van der Waals surface area contributed by atoms with Crippen molar-refractivity contribution in [2.75, 3.05) is 24.4 Å². The molecule has 2 heterocycles. The van der Waals surface area contributed by atoms with E-state index in [0.717, 1.165) is 16.9 Å². The maximum absolute atomic E-state index is 12.5. The van der Waals surface area contributed by atoms with Gasteiger partial charge in [0.2, 0.25) is 0 Å². The van der Waals surface area contributed by atoms with Gasteiger partial charge in [0.25, 0.3) is 5.91 Å². The lowest BCUT2D eigenvalue weighted by atomic mass is 10.1. The van der Waals surface area contributed by atoms with Gasteiger partial charge in [-0.05, 0) is 24.5 Å². The lowest BCUT2D eigenvalue weighted by molar-refractivity contribution is 0.100. The first-order valence-corrected chi connectivity index (χ1v) is 12.2. The maximum Gasteiger partial charge on any atom is 0.319 e. The van der Waals surface area contributed by atoms with E-state index in [1.165, 1.54) is 11.8 Å². The van der Waals surface area contributed by atoms with E-state index in [4.69, 9.17) is 16.2 Å². The minimum absolute atomic E-state index is 0.244. The van der Waals surface area contributed by atoms with E-state index in [1.807, 2.05) is 36.6 Å². The quantitative estimate of drug-likeness (QED) is 0.224. The molecule has 0 saturated carbocycles. The third-order valence-electron chi connectivity index (χ3n) is 5.00. The van der Waals surface area contributed by atoms with Gasteiger partial charge in [-0.2, -0.15) is 0 Å². The monoisotopic (exact) mass is 494 g/mol. The van der Waals surface area contributed by atoms with Gasteiger partial charge in [-0.25, -0.2) is 14.8 Å². The molecule has 0 aliphatic carbocycles. The Morgan fingerprint density at radius 3 is 2.68 bits per heavy atom. The normalized spacial score (nSPS) is 10.8. The van der Waals surface area contributed by atoms with Crippen LogP contribution in [0.3, 0.4) is 0 Å². The molecule has 174 valence electrons. The van der Waals surface area contributed by atoms with Gasteiger partial charge in [0, 0.05) is 23.4 Å². The Kier molecular flexibility index (Phi) is 6.85. The number of anilines is 2.